The lowest BCUT2D eigenvalue weighted by Crippen LogP contribution is -2.02. The van der Waals surface area contributed by atoms with Gasteiger partial charge in [0.2, 0.25) is 0 Å². The van der Waals surface area contributed by atoms with Crippen LogP contribution in [0.4, 0.5) is 0 Å². The highest BCUT2D eigenvalue weighted by Gasteiger charge is 2.07. The van der Waals surface area contributed by atoms with Gasteiger partial charge in [0.25, 0.3) is 0 Å². The Bertz CT molecular complexity index is 347. The maximum absolute atomic E-state index is 5.93. The Morgan fingerprint density at radius 1 is 1.11 bits per heavy atom. The first-order valence-electron chi connectivity index (χ1n) is 6.94. The maximum Gasteiger partial charge on any atom is 0.122 e. The molecule has 0 fully saturated rings. The van der Waals surface area contributed by atoms with E-state index in [1.165, 1.54) is 24.0 Å². The molecule has 0 aliphatic rings. The number of hydrogen-bond acceptors (Lipinski definition) is 1. The Labute approximate surface area is 116 Å². The standard InChI is InChI=1S/C16H25ClO/c1-13(2)15-9-8-14(3)12-16(15)18-11-7-5-4-6-10-17/h8-9,12-13H,4-7,10-11H2,1-3H3. The van der Waals surface area contributed by atoms with Gasteiger partial charge in [0.15, 0.2) is 0 Å². The predicted octanol–water partition coefficient (Wildman–Crippen LogP) is 5.30. The summed E-state index contributed by atoms with van der Waals surface area (Å²) >= 11 is 5.65. The molecule has 0 N–H and O–H groups in total. The molecule has 1 rings (SSSR count). The molecule has 0 saturated carbocycles. The van der Waals surface area contributed by atoms with Crippen molar-refractivity contribution >= 4 is 11.6 Å². The summed E-state index contributed by atoms with van der Waals surface area (Å²) in [5.74, 6) is 2.34. The number of halogens is 1. The molecule has 0 unspecified atom stereocenters. The van der Waals surface area contributed by atoms with Crippen molar-refractivity contribution in [3.05, 3.63) is 29.3 Å². The van der Waals surface area contributed by atoms with Gasteiger partial charge in [0, 0.05) is 5.88 Å². The Kier molecular flexibility index (Phi) is 7.19. The second-order valence-corrected chi connectivity index (χ2v) is 5.53. The van der Waals surface area contributed by atoms with Gasteiger partial charge in [-0.1, -0.05) is 38.8 Å². The SMILES string of the molecule is Cc1ccc(C(C)C)c(OCCCCCCCl)c1. The van der Waals surface area contributed by atoms with Crippen LogP contribution in [0.15, 0.2) is 18.2 Å². The average molecular weight is 269 g/mol. The average Bonchev–Trinajstić information content (AvgIpc) is 2.33. The predicted molar refractivity (Wildman–Crippen MR) is 80.0 cm³/mol. The maximum atomic E-state index is 5.93. The molecular weight excluding hydrogens is 244 g/mol. The molecule has 0 aromatic heterocycles. The molecule has 1 aromatic rings. The first kappa shape index (κ1) is 15.4. The monoisotopic (exact) mass is 268 g/mol. The minimum atomic E-state index is 0.511. The van der Waals surface area contributed by atoms with E-state index in [9.17, 15) is 0 Å². The smallest absolute Gasteiger partial charge is 0.122 e. The van der Waals surface area contributed by atoms with Crippen molar-refractivity contribution in [2.24, 2.45) is 0 Å². The van der Waals surface area contributed by atoms with Crippen LogP contribution in [0.5, 0.6) is 5.75 Å². The lowest BCUT2D eigenvalue weighted by molar-refractivity contribution is 0.301. The number of hydrogen-bond donors (Lipinski definition) is 0. The Morgan fingerprint density at radius 2 is 1.83 bits per heavy atom. The Hall–Kier alpha value is -0.690. The fraction of sp³-hybridized carbons (Fsp3) is 0.625. The van der Waals surface area contributed by atoms with Crippen molar-refractivity contribution in [1.82, 2.24) is 0 Å². The third-order valence-electron chi connectivity index (χ3n) is 3.08. The largest absolute Gasteiger partial charge is 0.493 e. The summed E-state index contributed by atoms with van der Waals surface area (Å²) in [6, 6.07) is 6.49. The van der Waals surface area contributed by atoms with Crippen molar-refractivity contribution in [2.45, 2.75) is 52.4 Å². The highest BCUT2D eigenvalue weighted by atomic mass is 35.5. The van der Waals surface area contributed by atoms with Crippen LogP contribution in [-0.4, -0.2) is 12.5 Å². The highest BCUT2D eigenvalue weighted by molar-refractivity contribution is 6.17. The molecular formula is C16H25ClO. The summed E-state index contributed by atoms with van der Waals surface area (Å²) < 4.78 is 5.93. The second kappa shape index (κ2) is 8.42. The third kappa shape index (κ3) is 5.30. The van der Waals surface area contributed by atoms with E-state index < -0.39 is 0 Å². The summed E-state index contributed by atoms with van der Waals surface area (Å²) in [4.78, 5) is 0. The van der Waals surface area contributed by atoms with E-state index in [0.29, 0.717) is 5.92 Å². The van der Waals surface area contributed by atoms with Gasteiger partial charge < -0.3 is 4.74 Å². The van der Waals surface area contributed by atoms with Crippen LogP contribution < -0.4 is 4.74 Å². The van der Waals surface area contributed by atoms with Gasteiger partial charge in [-0.05, 0) is 42.9 Å². The Morgan fingerprint density at radius 3 is 2.50 bits per heavy atom. The molecule has 0 spiro atoms. The van der Waals surface area contributed by atoms with Gasteiger partial charge in [-0.3, -0.25) is 0 Å². The van der Waals surface area contributed by atoms with Gasteiger partial charge in [-0.25, -0.2) is 0 Å². The molecule has 2 heteroatoms. The van der Waals surface area contributed by atoms with Crippen molar-refractivity contribution in [3.63, 3.8) is 0 Å². The van der Waals surface area contributed by atoms with Crippen molar-refractivity contribution in [2.75, 3.05) is 12.5 Å². The van der Waals surface area contributed by atoms with Gasteiger partial charge in [-0.15, -0.1) is 11.6 Å². The lowest BCUT2D eigenvalue weighted by atomic mass is 10.0. The molecule has 0 bridgehead atoms. The van der Waals surface area contributed by atoms with E-state index in [1.807, 2.05) is 0 Å². The van der Waals surface area contributed by atoms with Crippen molar-refractivity contribution in [3.8, 4) is 5.75 Å². The van der Waals surface area contributed by atoms with Gasteiger partial charge in [-0.2, -0.15) is 0 Å². The molecule has 0 heterocycles. The summed E-state index contributed by atoms with van der Waals surface area (Å²) in [6.45, 7) is 7.33. The number of rotatable bonds is 8. The van der Waals surface area contributed by atoms with Crippen LogP contribution >= 0.6 is 11.6 Å². The molecule has 0 amide bonds. The van der Waals surface area contributed by atoms with Gasteiger partial charge >= 0.3 is 0 Å². The summed E-state index contributed by atoms with van der Waals surface area (Å²) in [5.41, 5.74) is 2.57. The fourth-order valence-electron chi connectivity index (χ4n) is 1.98. The van der Waals surface area contributed by atoms with Gasteiger partial charge in [0.05, 0.1) is 6.61 Å². The van der Waals surface area contributed by atoms with E-state index in [0.717, 1.165) is 31.1 Å². The summed E-state index contributed by atoms with van der Waals surface area (Å²) in [7, 11) is 0. The minimum absolute atomic E-state index is 0.511. The first-order chi connectivity index (χ1) is 8.65. The van der Waals surface area contributed by atoms with Crippen LogP contribution in [-0.2, 0) is 0 Å². The van der Waals surface area contributed by atoms with E-state index in [-0.39, 0.29) is 0 Å². The number of aryl methyl sites for hydroxylation is 1. The highest BCUT2D eigenvalue weighted by Crippen LogP contribution is 2.27. The number of ether oxygens (including phenoxy) is 1. The second-order valence-electron chi connectivity index (χ2n) is 5.15. The normalized spacial score (nSPS) is 10.9. The number of unbranched alkanes of at least 4 members (excludes halogenated alkanes) is 3. The van der Waals surface area contributed by atoms with Crippen LogP contribution in [0, 0.1) is 6.92 Å². The zero-order chi connectivity index (χ0) is 13.4. The molecule has 0 saturated heterocycles. The molecule has 1 nitrogen and oxygen atoms in total. The van der Waals surface area contributed by atoms with Crippen LogP contribution in [0.1, 0.15) is 56.6 Å². The van der Waals surface area contributed by atoms with Crippen LogP contribution in [0.2, 0.25) is 0 Å². The van der Waals surface area contributed by atoms with Crippen LogP contribution in [0.25, 0.3) is 0 Å². The molecule has 0 aliphatic heterocycles. The molecule has 102 valence electrons. The fourth-order valence-corrected chi connectivity index (χ4v) is 2.16. The zero-order valence-corrected chi connectivity index (χ0v) is 12.6. The molecule has 0 aliphatic carbocycles. The Balaban J connectivity index is 2.43. The minimum Gasteiger partial charge on any atom is -0.493 e. The quantitative estimate of drug-likeness (QED) is 0.459. The molecule has 1 aromatic carbocycles. The topological polar surface area (TPSA) is 9.23 Å². The van der Waals surface area contributed by atoms with Gasteiger partial charge in [0.1, 0.15) is 5.75 Å². The molecule has 18 heavy (non-hydrogen) atoms. The summed E-state index contributed by atoms with van der Waals surface area (Å²) in [5, 5.41) is 0. The van der Waals surface area contributed by atoms with E-state index in [2.05, 4.69) is 39.0 Å². The number of alkyl halides is 1. The van der Waals surface area contributed by atoms with E-state index in [4.69, 9.17) is 16.3 Å². The molecule has 0 atom stereocenters. The third-order valence-corrected chi connectivity index (χ3v) is 3.34. The van der Waals surface area contributed by atoms with Crippen molar-refractivity contribution < 1.29 is 4.74 Å². The van der Waals surface area contributed by atoms with E-state index >= 15 is 0 Å². The summed E-state index contributed by atoms with van der Waals surface area (Å²) in [6.07, 6.45) is 4.64. The van der Waals surface area contributed by atoms with Crippen LogP contribution in [0.3, 0.4) is 0 Å². The van der Waals surface area contributed by atoms with E-state index in [1.54, 1.807) is 0 Å². The lowest BCUT2D eigenvalue weighted by Gasteiger charge is -2.14. The first-order valence-corrected chi connectivity index (χ1v) is 7.48. The number of benzene rings is 1. The zero-order valence-electron chi connectivity index (χ0n) is 11.8. The van der Waals surface area contributed by atoms with Crippen molar-refractivity contribution in [1.29, 1.82) is 0 Å². The molecule has 0 radical (unpaired) electrons.